The molecule has 0 aliphatic carbocycles. The molecule has 1 aromatic heterocycles. The van der Waals surface area contributed by atoms with Gasteiger partial charge in [-0.05, 0) is 35.4 Å². The Balaban J connectivity index is 2.21. The van der Waals surface area contributed by atoms with Gasteiger partial charge in [0, 0.05) is 18.1 Å². The molecule has 0 unspecified atom stereocenters. The van der Waals surface area contributed by atoms with Gasteiger partial charge >= 0.3 is 5.97 Å². The Labute approximate surface area is 115 Å². The van der Waals surface area contributed by atoms with Crippen molar-refractivity contribution in [3.05, 3.63) is 48.2 Å². The number of anilines is 1. The van der Waals surface area contributed by atoms with Crippen LogP contribution in [0.25, 0.3) is 22.0 Å². The van der Waals surface area contributed by atoms with Crippen LogP contribution in [0.2, 0.25) is 0 Å². The minimum Gasteiger partial charge on any atom is -0.476 e. The zero-order valence-corrected chi connectivity index (χ0v) is 10.9. The molecule has 0 atom stereocenters. The summed E-state index contributed by atoms with van der Waals surface area (Å²) in [5.41, 5.74) is 9.30. The summed E-state index contributed by atoms with van der Waals surface area (Å²) in [5, 5.41) is 13.8. The average molecular weight is 267 g/mol. The molecule has 3 aromatic rings. The van der Waals surface area contributed by atoms with E-state index in [2.05, 4.69) is 5.10 Å². The largest absolute Gasteiger partial charge is 0.476 e. The number of carbonyl (C=O) groups is 1. The molecule has 5 nitrogen and oxygen atoms in total. The topological polar surface area (TPSA) is 81.1 Å². The Hall–Kier alpha value is -2.82. The quantitative estimate of drug-likeness (QED) is 0.699. The second kappa shape index (κ2) is 4.38. The number of nitrogens with zero attached hydrogens (tertiary/aromatic N) is 2. The summed E-state index contributed by atoms with van der Waals surface area (Å²) in [6, 6.07) is 13.1. The molecular formula is C15H13N3O2. The van der Waals surface area contributed by atoms with Crippen LogP contribution in [0.5, 0.6) is 0 Å². The highest BCUT2D eigenvalue weighted by Crippen LogP contribution is 2.27. The predicted octanol–water partition coefficient (Wildman–Crippen LogP) is 2.52. The fourth-order valence-electron chi connectivity index (χ4n) is 2.31. The van der Waals surface area contributed by atoms with Crippen LogP contribution < -0.4 is 5.73 Å². The lowest BCUT2D eigenvalue weighted by molar-refractivity contribution is 0.0691. The maximum atomic E-state index is 11.1. The number of carboxylic acids is 1. The average Bonchev–Trinajstić information content (AvgIpc) is 2.76. The van der Waals surface area contributed by atoms with E-state index in [-0.39, 0.29) is 5.69 Å². The number of benzene rings is 2. The number of aryl methyl sites for hydroxylation is 1. The van der Waals surface area contributed by atoms with Gasteiger partial charge in [0.1, 0.15) is 0 Å². The number of aromatic carboxylic acids is 1. The lowest BCUT2D eigenvalue weighted by Crippen LogP contribution is -1.99. The van der Waals surface area contributed by atoms with E-state index in [1.54, 1.807) is 17.8 Å². The first-order valence-corrected chi connectivity index (χ1v) is 6.12. The first-order valence-electron chi connectivity index (χ1n) is 6.12. The van der Waals surface area contributed by atoms with Crippen molar-refractivity contribution in [1.29, 1.82) is 0 Å². The van der Waals surface area contributed by atoms with Gasteiger partial charge in [-0.3, -0.25) is 4.68 Å². The highest BCUT2D eigenvalue weighted by Gasteiger charge is 2.15. The molecule has 0 radical (unpaired) electrons. The number of carboxylic acid groups (broad SMARTS) is 1. The zero-order valence-electron chi connectivity index (χ0n) is 10.9. The monoisotopic (exact) mass is 267 g/mol. The predicted molar refractivity (Wildman–Crippen MR) is 77.5 cm³/mol. The molecule has 5 heteroatoms. The van der Waals surface area contributed by atoms with E-state index in [0.29, 0.717) is 11.1 Å². The van der Waals surface area contributed by atoms with Gasteiger partial charge in [-0.1, -0.05) is 18.2 Å². The van der Waals surface area contributed by atoms with Crippen molar-refractivity contribution in [3.63, 3.8) is 0 Å². The Morgan fingerprint density at radius 3 is 2.65 bits per heavy atom. The van der Waals surface area contributed by atoms with Crippen molar-refractivity contribution in [2.75, 3.05) is 5.73 Å². The summed E-state index contributed by atoms with van der Waals surface area (Å²) >= 11 is 0. The Kier molecular flexibility index (Phi) is 2.68. The van der Waals surface area contributed by atoms with Crippen LogP contribution in [-0.2, 0) is 7.05 Å². The third kappa shape index (κ3) is 1.89. The molecule has 0 amide bonds. The number of hydrogen-bond donors (Lipinski definition) is 2. The van der Waals surface area contributed by atoms with E-state index < -0.39 is 5.97 Å². The van der Waals surface area contributed by atoms with Gasteiger partial charge < -0.3 is 10.8 Å². The summed E-state index contributed by atoms with van der Waals surface area (Å²) in [6.07, 6.45) is 0. The van der Waals surface area contributed by atoms with E-state index in [1.807, 2.05) is 36.4 Å². The van der Waals surface area contributed by atoms with Crippen LogP contribution in [0.1, 0.15) is 10.5 Å². The van der Waals surface area contributed by atoms with Crippen LogP contribution in [0.15, 0.2) is 42.5 Å². The van der Waals surface area contributed by atoms with E-state index in [9.17, 15) is 4.79 Å². The molecule has 100 valence electrons. The lowest BCUT2D eigenvalue weighted by Gasteiger charge is -2.04. The fourth-order valence-corrected chi connectivity index (χ4v) is 2.31. The summed E-state index contributed by atoms with van der Waals surface area (Å²) in [7, 11) is 1.73. The van der Waals surface area contributed by atoms with E-state index >= 15 is 0 Å². The maximum absolute atomic E-state index is 11.1. The highest BCUT2D eigenvalue weighted by atomic mass is 16.4. The second-order valence-corrected chi connectivity index (χ2v) is 4.63. The minimum atomic E-state index is -1.02. The van der Waals surface area contributed by atoms with Crippen molar-refractivity contribution in [3.8, 4) is 11.1 Å². The third-order valence-corrected chi connectivity index (χ3v) is 3.27. The number of hydrogen-bond acceptors (Lipinski definition) is 3. The Morgan fingerprint density at radius 1 is 1.20 bits per heavy atom. The molecule has 3 rings (SSSR count). The Bertz CT molecular complexity index is 821. The Morgan fingerprint density at radius 2 is 1.95 bits per heavy atom. The van der Waals surface area contributed by atoms with Crippen LogP contribution >= 0.6 is 0 Å². The summed E-state index contributed by atoms with van der Waals surface area (Å²) in [5.74, 6) is -1.02. The number of rotatable bonds is 2. The van der Waals surface area contributed by atoms with Gasteiger partial charge in [-0.15, -0.1) is 0 Å². The lowest BCUT2D eigenvalue weighted by atomic mass is 10.0. The molecule has 0 saturated heterocycles. The first-order chi connectivity index (χ1) is 9.56. The standard InChI is InChI=1S/C15H13N3O2/c1-18-13-8-10(9-3-2-4-11(16)7-9)5-6-12(13)14(17-18)15(19)20/h2-8H,16H2,1H3,(H,19,20). The minimum absolute atomic E-state index is 0.0709. The second-order valence-electron chi connectivity index (χ2n) is 4.63. The normalized spacial score (nSPS) is 10.8. The molecule has 3 N–H and O–H groups in total. The van der Waals surface area contributed by atoms with Gasteiger partial charge in [-0.2, -0.15) is 5.10 Å². The number of nitrogen functional groups attached to an aromatic ring is 1. The number of fused-ring (bicyclic) bond motifs is 1. The summed E-state index contributed by atoms with van der Waals surface area (Å²) in [6.45, 7) is 0. The molecule has 0 aliphatic heterocycles. The van der Waals surface area contributed by atoms with Crippen molar-refractivity contribution < 1.29 is 9.90 Å². The molecule has 0 aliphatic rings. The van der Waals surface area contributed by atoms with Crippen LogP contribution in [0, 0.1) is 0 Å². The van der Waals surface area contributed by atoms with Crippen molar-refractivity contribution in [2.45, 2.75) is 0 Å². The highest BCUT2D eigenvalue weighted by molar-refractivity contribution is 6.02. The van der Waals surface area contributed by atoms with Gasteiger partial charge in [0.25, 0.3) is 0 Å². The molecule has 20 heavy (non-hydrogen) atoms. The van der Waals surface area contributed by atoms with E-state index in [0.717, 1.165) is 16.6 Å². The summed E-state index contributed by atoms with van der Waals surface area (Å²) < 4.78 is 1.58. The van der Waals surface area contributed by atoms with Gasteiger partial charge in [-0.25, -0.2) is 4.79 Å². The van der Waals surface area contributed by atoms with E-state index in [1.165, 1.54) is 0 Å². The van der Waals surface area contributed by atoms with Gasteiger partial charge in [0.05, 0.1) is 5.52 Å². The number of aromatic nitrogens is 2. The van der Waals surface area contributed by atoms with Crippen LogP contribution in [0.4, 0.5) is 5.69 Å². The van der Waals surface area contributed by atoms with Crippen molar-refractivity contribution in [1.82, 2.24) is 9.78 Å². The first kappa shape index (κ1) is 12.2. The maximum Gasteiger partial charge on any atom is 0.357 e. The molecule has 0 fully saturated rings. The van der Waals surface area contributed by atoms with Gasteiger partial charge in [0.15, 0.2) is 5.69 Å². The third-order valence-electron chi connectivity index (χ3n) is 3.27. The summed E-state index contributed by atoms with van der Waals surface area (Å²) in [4.78, 5) is 11.1. The SMILES string of the molecule is Cn1nc(C(=O)O)c2ccc(-c3cccc(N)c3)cc21. The molecule has 0 saturated carbocycles. The molecular weight excluding hydrogens is 254 g/mol. The smallest absolute Gasteiger partial charge is 0.357 e. The molecule has 0 bridgehead atoms. The zero-order chi connectivity index (χ0) is 14.3. The van der Waals surface area contributed by atoms with Crippen LogP contribution in [0.3, 0.4) is 0 Å². The van der Waals surface area contributed by atoms with Crippen LogP contribution in [-0.4, -0.2) is 20.9 Å². The van der Waals surface area contributed by atoms with Gasteiger partial charge in [0.2, 0.25) is 0 Å². The van der Waals surface area contributed by atoms with Crippen molar-refractivity contribution >= 4 is 22.6 Å². The fraction of sp³-hybridized carbons (Fsp3) is 0.0667. The number of nitrogens with two attached hydrogens (primary N) is 1. The van der Waals surface area contributed by atoms with Crippen molar-refractivity contribution in [2.24, 2.45) is 7.05 Å². The molecule has 0 spiro atoms. The molecule has 1 heterocycles. The molecule has 2 aromatic carbocycles. The van der Waals surface area contributed by atoms with E-state index in [4.69, 9.17) is 10.8 Å².